The van der Waals surface area contributed by atoms with Crippen molar-refractivity contribution in [3.05, 3.63) is 16.1 Å². The second-order valence-electron chi connectivity index (χ2n) is 5.77. The van der Waals surface area contributed by atoms with E-state index in [0.29, 0.717) is 12.3 Å². The van der Waals surface area contributed by atoms with E-state index in [-0.39, 0.29) is 18.0 Å². The average Bonchev–Trinajstić information content (AvgIpc) is 2.68. The molecule has 1 aromatic rings. The molecule has 0 aromatic carbocycles. The zero-order valence-electron chi connectivity index (χ0n) is 11.9. The molecule has 1 aliphatic heterocycles. The number of carbonyl (C=O) groups excluding carboxylic acids is 1. The first kappa shape index (κ1) is 14.5. The molecule has 5 heteroatoms. The number of nitrogens with two attached hydrogens (primary N) is 1. The van der Waals surface area contributed by atoms with Gasteiger partial charge in [0.05, 0.1) is 6.04 Å². The summed E-state index contributed by atoms with van der Waals surface area (Å²) >= 11 is 1.62. The number of aryl methyl sites for hydroxylation is 1. The van der Waals surface area contributed by atoms with E-state index >= 15 is 0 Å². The number of thiazole rings is 1. The van der Waals surface area contributed by atoms with E-state index in [1.54, 1.807) is 11.3 Å². The van der Waals surface area contributed by atoms with Crippen molar-refractivity contribution in [1.82, 2.24) is 9.88 Å². The minimum absolute atomic E-state index is 0.00394. The Morgan fingerprint density at radius 1 is 1.58 bits per heavy atom. The molecule has 1 saturated heterocycles. The standard InChI is InChI=1S/C14H23N3OS/c1-9(2)7-17-12(18)6-4-5-11(15)13(17)14-16-10(3)8-19-14/h8-9,11,13H,4-7,15H2,1-3H3. The Kier molecular flexibility index (Phi) is 4.58. The highest BCUT2D eigenvalue weighted by atomic mass is 32.1. The highest BCUT2D eigenvalue weighted by molar-refractivity contribution is 7.09. The molecule has 2 heterocycles. The molecule has 2 unspecified atom stereocenters. The predicted molar refractivity (Wildman–Crippen MR) is 78.0 cm³/mol. The van der Waals surface area contributed by atoms with Crippen LogP contribution >= 0.6 is 11.3 Å². The lowest BCUT2D eigenvalue weighted by Gasteiger charge is -2.33. The van der Waals surface area contributed by atoms with Crippen LogP contribution in [0.1, 0.15) is 49.9 Å². The van der Waals surface area contributed by atoms with Gasteiger partial charge in [-0.15, -0.1) is 11.3 Å². The molecule has 2 atom stereocenters. The number of likely N-dealkylation sites (tertiary alicyclic amines) is 1. The quantitative estimate of drug-likeness (QED) is 0.926. The van der Waals surface area contributed by atoms with Gasteiger partial charge >= 0.3 is 0 Å². The number of carbonyl (C=O) groups is 1. The maximum absolute atomic E-state index is 12.3. The van der Waals surface area contributed by atoms with Gasteiger partial charge in [0.1, 0.15) is 5.01 Å². The first-order chi connectivity index (χ1) is 8.99. The number of aromatic nitrogens is 1. The first-order valence-corrected chi connectivity index (χ1v) is 7.84. The van der Waals surface area contributed by atoms with Crippen LogP contribution in [-0.4, -0.2) is 28.4 Å². The van der Waals surface area contributed by atoms with E-state index < -0.39 is 0 Å². The van der Waals surface area contributed by atoms with Crippen molar-refractivity contribution in [3.8, 4) is 0 Å². The van der Waals surface area contributed by atoms with E-state index in [4.69, 9.17) is 5.73 Å². The zero-order chi connectivity index (χ0) is 14.0. The minimum Gasteiger partial charge on any atom is -0.331 e. The Labute approximate surface area is 119 Å². The van der Waals surface area contributed by atoms with E-state index in [9.17, 15) is 4.79 Å². The molecular weight excluding hydrogens is 258 g/mol. The summed E-state index contributed by atoms with van der Waals surface area (Å²) in [4.78, 5) is 18.9. The van der Waals surface area contributed by atoms with Gasteiger partial charge in [0, 0.05) is 30.1 Å². The highest BCUT2D eigenvalue weighted by Gasteiger charge is 2.34. The molecule has 0 aliphatic carbocycles. The first-order valence-electron chi connectivity index (χ1n) is 6.96. The molecule has 1 aliphatic rings. The number of rotatable bonds is 3. The number of hydrogen-bond acceptors (Lipinski definition) is 4. The van der Waals surface area contributed by atoms with Crippen LogP contribution in [0.15, 0.2) is 5.38 Å². The Bertz CT molecular complexity index is 444. The average molecular weight is 281 g/mol. The molecule has 0 spiro atoms. The summed E-state index contributed by atoms with van der Waals surface area (Å²) in [5, 5.41) is 3.02. The summed E-state index contributed by atoms with van der Waals surface area (Å²) < 4.78 is 0. The molecule has 0 bridgehead atoms. The van der Waals surface area contributed by atoms with Gasteiger partial charge in [-0.3, -0.25) is 4.79 Å². The summed E-state index contributed by atoms with van der Waals surface area (Å²) in [6.07, 6.45) is 2.39. The largest absolute Gasteiger partial charge is 0.331 e. The monoisotopic (exact) mass is 281 g/mol. The van der Waals surface area contributed by atoms with Crippen LogP contribution < -0.4 is 5.73 Å². The summed E-state index contributed by atoms with van der Waals surface area (Å²) in [6.45, 7) is 7.01. The Morgan fingerprint density at radius 3 is 2.89 bits per heavy atom. The molecule has 2 N–H and O–H groups in total. The molecule has 0 saturated carbocycles. The topological polar surface area (TPSA) is 59.2 Å². The van der Waals surface area contributed by atoms with Crippen molar-refractivity contribution in [2.45, 2.75) is 52.1 Å². The van der Waals surface area contributed by atoms with Crippen LogP contribution in [0.4, 0.5) is 0 Å². The van der Waals surface area contributed by atoms with Crippen LogP contribution in [-0.2, 0) is 4.79 Å². The third-order valence-electron chi connectivity index (χ3n) is 3.44. The second-order valence-corrected chi connectivity index (χ2v) is 6.66. The van der Waals surface area contributed by atoms with Gasteiger partial charge in [0.25, 0.3) is 0 Å². The Balaban J connectivity index is 2.33. The molecular formula is C14H23N3OS. The summed E-state index contributed by atoms with van der Waals surface area (Å²) in [6, 6.07) is -0.0492. The fraction of sp³-hybridized carbons (Fsp3) is 0.714. The van der Waals surface area contributed by atoms with Crippen LogP contribution in [0, 0.1) is 12.8 Å². The van der Waals surface area contributed by atoms with Gasteiger partial charge in [-0.25, -0.2) is 4.98 Å². The molecule has 2 rings (SSSR count). The molecule has 106 valence electrons. The summed E-state index contributed by atoms with van der Waals surface area (Å²) in [5.74, 6) is 0.664. The SMILES string of the molecule is Cc1csc(C2C(N)CCCC(=O)N2CC(C)C)n1. The van der Waals surface area contributed by atoms with Crippen LogP contribution in [0.25, 0.3) is 0 Å². The van der Waals surface area contributed by atoms with Crippen molar-refractivity contribution < 1.29 is 4.79 Å². The van der Waals surface area contributed by atoms with Crippen molar-refractivity contribution >= 4 is 17.2 Å². The minimum atomic E-state index is -0.0453. The van der Waals surface area contributed by atoms with E-state index in [1.807, 2.05) is 17.2 Å². The van der Waals surface area contributed by atoms with E-state index in [1.165, 1.54) is 0 Å². The lowest BCUT2D eigenvalue weighted by Crippen LogP contribution is -2.43. The maximum Gasteiger partial charge on any atom is 0.223 e. The van der Waals surface area contributed by atoms with E-state index in [0.717, 1.165) is 30.1 Å². The van der Waals surface area contributed by atoms with E-state index in [2.05, 4.69) is 18.8 Å². The third kappa shape index (κ3) is 3.34. The molecule has 0 radical (unpaired) electrons. The number of hydrogen-bond donors (Lipinski definition) is 1. The maximum atomic E-state index is 12.3. The molecule has 4 nitrogen and oxygen atoms in total. The van der Waals surface area contributed by atoms with Crippen LogP contribution in [0.3, 0.4) is 0 Å². The van der Waals surface area contributed by atoms with Gasteiger partial charge in [-0.2, -0.15) is 0 Å². The van der Waals surface area contributed by atoms with Crippen LogP contribution in [0.5, 0.6) is 0 Å². The van der Waals surface area contributed by atoms with Crippen LogP contribution in [0.2, 0.25) is 0 Å². The van der Waals surface area contributed by atoms with Gasteiger partial charge in [0.2, 0.25) is 5.91 Å². The smallest absolute Gasteiger partial charge is 0.223 e. The molecule has 1 aromatic heterocycles. The van der Waals surface area contributed by atoms with Gasteiger partial charge < -0.3 is 10.6 Å². The normalized spacial score (nSPS) is 24.9. The predicted octanol–water partition coefficient (Wildman–Crippen LogP) is 2.49. The fourth-order valence-electron chi connectivity index (χ4n) is 2.61. The highest BCUT2D eigenvalue weighted by Crippen LogP contribution is 2.32. The second kappa shape index (κ2) is 6.01. The van der Waals surface area contributed by atoms with Crippen molar-refractivity contribution in [2.24, 2.45) is 11.7 Å². The summed E-state index contributed by atoms with van der Waals surface area (Å²) in [7, 11) is 0. The lowest BCUT2D eigenvalue weighted by atomic mass is 10.0. The number of nitrogens with zero attached hydrogens (tertiary/aromatic N) is 2. The van der Waals surface area contributed by atoms with Gasteiger partial charge in [0.15, 0.2) is 0 Å². The Morgan fingerprint density at radius 2 is 2.32 bits per heavy atom. The molecule has 19 heavy (non-hydrogen) atoms. The zero-order valence-corrected chi connectivity index (χ0v) is 12.7. The van der Waals surface area contributed by atoms with Crippen molar-refractivity contribution in [2.75, 3.05) is 6.54 Å². The lowest BCUT2D eigenvalue weighted by molar-refractivity contribution is -0.133. The fourth-order valence-corrected chi connectivity index (χ4v) is 3.59. The summed E-state index contributed by atoms with van der Waals surface area (Å²) in [5.41, 5.74) is 7.33. The van der Waals surface area contributed by atoms with Crippen molar-refractivity contribution in [3.63, 3.8) is 0 Å². The Hall–Kier alpha value is -0.940. The van der Waals surface area contributed by atoms with Gasteiger partial charge in [-0.05, 0) is 25.7 Å². The van der Waals surface area contributed by atoms with Crippen molar-refractivity contribution in [1.29, 1.82) is 0 Å². The molecule has 1 fully saturated rings. The number of amides is 1. The third-order valence-corrected chi connectivity index (χ3v) is 4.47. The van der Waals surface area contributed by atoms with Gasteiger partial charge in [-0.1, -0.05) is 13.8 Å². The molecule has 1 amide bonds.